The van der Waals surface area contributed by atoms with Crippen molar-refractivity contribution in [2.75, 3.05) is 16.8 Å². The summed E-state index contributed by atoms with van der Waals surface area (Å²) < 4.78 is 1.72. The second-order valence-corrected chi connectivity index (χ2v) is 8.11. The predicted octanol–water partition coefficient (Wildman–Crippen LogP) is 4.41. The Labute approximate surface area is 190 Å². The summed E-state index contributed by atoms with van der Waals surface area (Å²) in [7, 11) is 1.85. The van der Waals surface area contributed by atoms with E-state index in [1.807, 2.05) is 60.5 Å². The van der Waals surface area contributed by atoms with Gasteiger partial charge < -0.3 is 10.2 Å². The molecule has 1 aliphatic rings. The molecule has 0 radical (unpaired) electrons. The normalized spacial score (nSPS) is 12.6. The first-order valence-corrected chi connectivity index (χ1v) is 10.7. The number of halogens is 1. The molecule has 32 heavy (non-hydrogen) atoms. The molecule has 0 fully saturated rings. The highest BCUT2D eigenvalue weighted by molar-refractivity contribution is 6.30. The molecule has 5 rings (SSSR count). The lowest BCUT2D eigenvalue weighted by molar-refractivity contribution is -0.117. The third-order valence-electron chi connectivity index (χ3n) is 5.53. The minimum Gasteiger partial charge on any atom is -0.312 e. The number of aromatic nitrogens is 4. The number of aryl methyl sites for hydroxylation is 1. The van der Waals surface area contributed by atoms with E-state index in [-0.39, 0.29) is 5.91 Å². The number of benzene rings is 2. The fraction of sp³-hybridized carbons (Fsp3) is 0.167. The van der Waals surface area contributed by atoms with Crippen LogP contribution < -0.4 is 10.2 Å². The molecule has 3 heterocycles. The molecule has 0 aliphatic carbocycles. The molecule has 0 saturated carbocycles. The summed E-state index contributed by atoms with van der Waals surface area (Å²) in [4.78, 5) is 23.7. The van der Waals surface area contributed by atoms with Gasteiger partial charge in [0.25, 0.3) is 0 Å². The lowest BCUT2D eigenvalue weighted by Gasteiger charge is -2.18. The Balaban J connectivity index is 1.35. The fourth-order valence-electron chi connectivity index (χ4n) is 3.93. The van der Waals surface area contributed by atoms with E-state index in [0.717, 1.165) is 40.3 Å². The summed E-state index contributed by atoms with van der Waals surface area (Å²) in [6.45, 7) is 0.676. The van der Waals surface area contributed by atoms with Crippen LogP contribution in [0.25, 0.3) is 11.3 Å². The summed E-state index contributed by atoms with van der Waals surface area (Å²) in [5, 5.41) is 7.97. The van der Waals surface area contributed by atoms with E-state index in [1.54, 1.807) is 17.1 Å². The summed E-state index contributed by atoms with van der Waals surface area (Å²) in [5.74, 6) is 1.39. The van der Waals surface area contributed by atoms with Crippen LogP contribution in [0.15, 0.2) is 67.0 Å². The van der Waals surface area contributed by atoms with Crippen molar-refractivity contribution >= 4 is 35.0 Å². The van der Waals surface area contributed by atoms with Gasteiger partial charge in [0.1, 0.15) is 5.82 Å². The maximum absolute atomic E-state index is 12.9. The van der Waals surface area contributed by atoms with Gasteiger partial charge in [0, 0.05) is 42.1 Å². The van der Waals surface area contributed by atoms with Gasteiger partial charge in [-0.2, -0.15) is 5.10 Å². The molecule has 0 atom stereocenters. The third kappa shape index (κ3) is 4.07. The molecular weight excluding hydrogens is 424 g/mol. The van der Waals surface area contributed by atoms with Crippen molar-refractivity contribution in [3.05, 3.63) is 83.1 Å². The Bertz CT molecular complexity index is 1300. The van der Waals surface area contributed by atoms with Crippen molar-refractivity contribution in [1.82, 2.24) is 19.7 Å². The molecule has 2 aromatic heterocycles. The molecule has 4 aromatic rings. The quantitative estimate of drug-likeness (QED) is 0.493. The zero-order valence-electron chi connectivity index (χ0n) is 17.5. The van der Waals surface area contributed by atoms with Gasteiger partial charge in [0.15, 0.2) is 0 Å². The van der Waals surface area contributed by atoms with Crippen LogP contribution in [-0.2, 0) is 24.7 Å². The largest absolute Gasteiger partial charge is 0.312 e. The highest BCUT2D eigenvalue weighted by Gasteiger charge is 2.25. The van der Waals surface area contributed by atoms with Crippen molar-refractivity contribution in [2.45, 2.75) is 12.8 Å². The van der Waals surface area contributed by atoms with Crippen LogP contribution in [0.2, 0.25) is 5.02 Å². The number of nitrogens with one attached hydrogen (secondary N) is 1. The molecule has 7 nitrogen and oxygen atoms in total. The molecule has 1 aliphatic heterocycles. The van der Waals surface area contributed by atoms with Crippen molar-refractivity contribution < 1.29 is 4.79 Å². The van der Waals surface area contributed by atoms with Gasteiger partial charge >= 0.3 is 0 Å². The first-order valence-electron chi connectivity index (χ1n) is 10.3. The van der Waals surface area contributed by atoms with Gasteiger partial charge in [-0.1, -0.05) is 29.8 Å². The minimum absolute atomic E-state index is 0.0727. The van der Waals surface area contributed by atoms with E-state index in [9.17, 15) is 4.79 Å². The van der Waals surface area contributed by atoms with E-state index < -0.39 is 0 Å². The Kier molecular flexibility index (Phi) is 5.33. The van der Waals surface area contributed by atoms with Crippen LogP contribution >= 0.6 is 11.6 Å². The number of hydrogen-bond acceptors (Lipinski definition) is 5. The standard InChI is InChI=1S/C24H21ClN6O/c1-30-22(8-11-27-30)29-24-26-10-7-20(28-24)17-5-6-21-18(15-17)9-12-31(21)23(32)14-16-3-2-4-19(25)13-16/h2-8,10-11,13,15H,9,12,14H2,1H3,(H,26,28,29). The summed E-state index contributed by atoms with van der Waals surface area (Å²) in [6, 6.07) is 17.3. The lowest BCUT2D eigenvalue weighted by atomic mass is 10.1. The van der Waals surface area contributed by atoms with Gasteiger partial charge in [-0.05, 0) is 47.9 Å². The molecule has 0 saturated heterocycles. The third-order valence-corrected chi connectivity index (χ3v) is 5.77. The monoisotopic (exact) mass is 444 g/mol. The van der Waals surface area contributed by atoms with Gasteiger partial charge in [-0.3, -0.25) is 9.48 Å². The van der Waals surface area contributed by atoms with Crippen LogP contribution in [0.1, 0.15) is 11.1 Å². The minimum atomic E-state index is 0.0727. The van der Waals surface area contributed by atoms with E-state index in [0.29, 0.717) is 23.9 Å². The maximum atomic E-state index is 12.9. The van der Waals surface area contributed by atoms with Crippen molar-refractivity contribution in [1.29, 1.82) is 0 Å². The van der Waals surface area contributed by atoms with Gasteiger partial charge in [-0.25, -0.2) is 9.97 Å². The number of carbonyl (C=O) groups is 1. The second kappa shape index (κ2) is 8.43. The molecule has 160 valence electrons. The Morgan fingerprint density at radius 1 is 1.12 bits per heavy atom. The number of amides is 1. The second-order valence-electron chi connectivity index (χ2n) is 7.68. The summed E-state index contributed by atoms with van der Waals surface area (Å²) in [5.41, 5.74) is 4.83. The zero-order valence-corrected chi connectivity index (χ0v) is 18.3. The Hall–Kier alpha value is -3.71. The average Bonchev–Trinajstić information content (AvgIpc) is 3.39. The van der Waals surface area contributed by atoms with Crippen LogP contribution in [0.4, 0.5) is 17.5 Å². The van der Waals surface area contributed by atoms with Crippen LogP contribution in [0, 0.1) is 0 Å². The number of anilines is 3. The molecule has 1 amide bonds. The fourth-order valence-corrected chi connectivity index (χ4v) is 4.14. The Morgan fingerprint density at radius 2 is 2.03 bits per heavy atom. The molecule has 0 spiro atoms. The van der Waals surface area contributed by atoms with Gasteiger partial charge in [-0.15, -0.1) is 0 Å². The average molecular weight is 445 g/mol. The predicted molar refractivity (Wildman–Crippen MR) is 125 cm³/mol. The van der Waals surface area contributed by atoms with Crippen molar-refractivity contribution in [3.63, 3.8) is 0 Å². The van der Waals surface area contributed by atoms with E-state index in [4.69, 9.17) is 11.6 Å². The smallest absolute Gasteiger partial charge is 0.231 e. The number of fused-ring (bicyclic) bond motifs is 1. The summed E-state index contributed by atoms with van der Waals surface area (Å²) in [6.07, 6.45) is 4.59. The highest BCUT2D eigenvalue weighted by Crippen LogP contribution is 2.32. The maximum Gasteiger partial charge on any atom is 0.231 e. The first-order chi connectivity index (χ1) is 15.6. The highest BCUT2D eigenvalue weighted by atomic mass is 35.5. The number of hydrogen-bond donors (Lipinski definition) is 1. The van der Waals surface area contributed by atoms with Gasteiger partial charge in [0.2, 0.25) is 11.9 Å². The number of rotatable bonds is 5. The zero-order chi connectivity index (χ0) is 22.1. The Morgan fingerprint density at radius 3 is 2.84 bits per heavy atom. The SMILES string of the molecule is Cn1nccc1Nc1nccc(-c2ccc3c(c2)CCN3C(=O)Cc2cccc(Cl)c2)n1. The molecular formula is C24H21ClN6O. The molecule has 1 N–H and O–H groups in total. The van der Waals surface area contributed by atoms with E-state index in [1.165, 1.54) is 0 Å². The van der Waals surface area contributed by atoms with Crippen molar-refractivity contribution in [3.8, 4) is 11.3 Å². The van der Waals surface area contributed by atoms with Crippen molar-refractivity contribution in [2.24, 2.45) is 7.05 Å². The van der Waals surface area contributed by atoms with E-state index in [2.05, 4.69) is 26.4 Å². The van der Waals surface area contributed by atoms with Crippen LogP contribution in [-0.4, -0.2) is 32.2 Å². The first kappa shape index (κ1) is 20.2. The lowest BCUT2D eigenvalue weighted by Crippen LogP contribution is -2.30. The van der Waals surface area contributed by atoms with Crippen LogP contribution in [0.5, 0.6) is 0 Å². The topological polar surface area (TPSA) is 75.9 Å². The van der Waals surface area contributed by atoms with Crippen LogP contribution in [0.3, 0.4) is 0 Å². The van der Waals surface area contributed by atoms with Gasteiger partial charge in [0.05, 0.1) is 18.3 Å². The summed E-state index contributed by atoms with van der Waals surface area (Å²) >= 11 is 6.06. The molecule has 2 aromatic carbocycles. The molecule has 0 bridgehead atoms. The number of nitrogens with zero attached hydrogens (tertiary/aromatic N) is 5. The molecule has 0 unspecified atom stereocenters. The molecule has 8 heteroatoms. The van der Waals surface area contributed by atoms with E-state index >= 15 is 0 Å². The number of carbonyl (C=O) groups excluding carboxylic acids is 1.